The van der Waals surface area contributed by atoms with E-state index in [-0.39, 0.29) is 42.7 Å². The minimum Gasteiger partial charge on any atom is -0.352 e. The Balaban J connectivity index is 1.48. The van der Waals surface area contributed by atoms with Crippen LogP contribution >= 0.6 is 11.6 Å². The molecule has 1 aliphatic carbocycles. The topological polar surface area (TPSA) is 76.1 Å². The molecule has 1 heterocycles. The highest BCUT2D eigenvalue weighted by Crippen LogP contribution is 2.38. The van der Waals surface area contributed by atoms with Crippen molar-refractivity contribution in [3.63, 3.8) is 0 Å². The van der Waals surface area contributed by atoms with E-state index in [2.05, 4.69) is 10.3 Å². The summed E-state index contributed by atoms with van der Waals surface area (Å²) in [5.74, 6) is -2.65. The number of aryl methyl sites for hydroxylation is 2. The fourth-order valence-electron chi connectivity index (χ4n) is 4.60. The minimum atomic E-state index is -0.867. The minimum absolute atomic E-state index is 0.0380. The summed E-state index contributed by atoms with van der Waals surface area (Å²) in [5.41, 5.74) is 4.61. The fourth-order valence-corrected chi connectivity index (χ4v) is 4.71. The maximum absolute atomic E-state index is 13.3. The molecule has 5 nitrogen and oxygen atoms in total. The van der Waals surface area contributed by atoms with Gasteiger partial charge >= 0.3 is 0 Å². The van der Waals surface area contributed by atoms with Crippen LogP contribution in [-0.4, -0.2) is 22.5 Å². The van der Waals surface area contributed by atoms with Crippen molar-refractivity contribution in [2.24, 2.45) is 5.92 Å². The van der Waals surface area contributed by atoms with Gasteiger partial charge in [-0.05, 0) is 72.5 Å². The molecule has 0 aliphatic heterocycles. The summed E-state index contributed by atoms with van der Waals surface area (Å²) >= 11 is 5.93. The predicted molar refractivity (Wildman–Crippen MR) is 128 cm³/mol. The summed E-state index contributed by atoms with van der Waals surface area (Å²) in [5, 5.41) is 3.25. The molecule has 0 radical (unpaired) electrons. The first kappa shape index (κ1) is 23.8. The molecule has 0 bridgehead atoms. The van der Waals surface area contributed by atoms with Gasteiger partial charge in [0.25, 0.3) is 0 Å². The van der Waals surface area contributed by atoms with E-state index in [0.717, 1.165) is 22.4 Å². The maximum Gasteiger partial charge on any atom is 0.221 e. The Morgan fingerprint density at radius 2 is 1.85 bits per heavy atom. The van der Waals surface area contributed by atoms with Gasteiger partial charge in [-0.3, -0.25) is 19.4 Å². The number of rotatable bonds is 6. The number of pyridine rings is 1. The van der Waals surface area contributed by atoms with E-state index in [1.165, 1.54) is 12.1 Å². The Bertz CT molecular complexity index is 1250. The quantitative estimate of drug-likeness (QED) is 0.500. The molecule has 3 aromatic rings. The lowest BCUT2D eigenvalue weighted by Gasteiger charge is -2.17. The van der Waals surface area contributed by atoms with Gasteiger partial charge in [0.05, 0.1) is 10.7 Å². The zero-order chi connectivity index (χ0) is 24.4. The molecule has 174 valence electrons. The Labute approximate surface area is 202 Å². The molecular formula is C27H24ClFN2O3. The van der Waals surface area contributed by atoms with Gasteiger partial charge in [-0.2, -0.15) is 0 Å². The van der Waals surface area contributed by atoms with E-state index < -0.39 is 11.8 Å². The lowest BCUT2D eigenvalue weighted by Crippen LogP contribution is -2.27. The molecule has 34 heavy (non-hydrogen) atoms. The Morgan fingerprint density at radius 3 is 2.50 bits per heavy atom. The van der Waals surface area contributed by atoms with E-state index in [1.54, 1.807) is 24.4 Å². The van der Waals surface area contributed by atoms with Crippen LogP contribution in [0.4, 0.5) is 4.39 Å². The SMILES string of the molecule is Cc1cc(-c2ccc(Cl)cn2)cc(C)c1C1C(=O)CC(CC(=O)NCc2cccc(F)c2)C1=O. The Hall–Kier alpha value is -3.38. The monoisotopic (exact) mass is 478 g/mol. The van der Waals surface area contributed by atoms with Gasteiger partial charge in [-0.25, -0.2) is 4.39 Å². The molecule has 2 atom stereocenters. The maximum atomic E-state index is 13.3. The van der Waals surface area contributed by atoms with Crippen LogP contribution in [0.25, 0.3) is 11.3 Å². The van der Waals surface area contributed by atoms with Crippen LogP contribution in [0.15, 0.2) is 54.7 Å². The average Bonchev–Trinajstić information content (AvgIpc) is 3.05. The number of halogens is 2. The van der Waals surface area contributed by atoms with E-state index >= 15 is 0 Å². The Morgan fingerprint density at radius 1 is 1.12 bits per heavy atom. The first-order valence-corrected chi connectivity index (χ1v) is 11.4. The number of carbonyl (C=O) groups excluding carboxylic acids is 3. The number of nitrogens with zero attached hydrogens (tertiary/aromatic N) is 1. The number of benzene rings is 2. The summed E-state index contributed by atoms with van der Waals surface area (Å²) in [4.78, 5) is 42.8. The number of amides is 1. The molecule has 1 amide bonds. The number of carbonyl (C=O) groups is 3. The van der Waals surface area contributed by atoms with Gasteiger partial charge in [0.15, 0.2) is 5.78 Å². The number of hydrogen-bond acceptors (Lipinski definition) is 4. The number of ketones is 2. The van der Waals surface area contributed by atoms with Crippen LogP contribution in [0.5, 0.6) is 0 Å². The zero-order valence-electron chi connectivity index (χ0n) is 18.9. The molecule has 1 aromatic heterocycles. The number of Topliss-reactive ketones (excluding diaryl/α,β-unsaturated/α-hetero) is 2. The van der Waals surface area contributed by atoms with E-state index in [0.29, 0.717) is 16.1 Å². The smallest absolute Gasteiger partial charge is 0.221 e. The lowest BCUT2D eigenvalue weighted by molar-refractivity contribution is -0.128. The number of nitrogens with one attached hydrogen (secondary N) is 1. The molecule has 1 fully saturated rings. The van der Waals surface area contributed by atoms with Crippen LogP contribution in [0.3, 0.4) is 0 Å². The van der Waals surface area contributed by atoms with E-state index in [1.807, 2.05) is 32.0 Å². The second-order valence-electron chi connectivity index (χ2n) is 8.70. The highest BCUT2D eigenvalue weighted by atomic mass is 35.5. The van der Waals surface area contributed by atoms with Crippen molar-refractivity contribution in [2.75, 3.05) is 0 Å². The van der Waals surface area contributed by atoms with Crippen LogP contribution in [0, 0.1) is 25.6 Å². The second kappa shape index (κ2) is 9.85. The van der Waals surface area contributed by atoms with Crippen LogP contribution in [0.1, 0.15) is 41.0 Å². The largest absolute Gasteiger partial charge is 0.352 e. The molecule has 1 N–H and O–H groups in total. The standard InChI is InChI=1S/C27H24ClFN2O3/c1-15-8-18(22-7-6-20(28)14-30-22)9-16(2)25(15)26-23(32)11-19(27(26)34)12-24(33)31-13-17-4-3-5-21(29)10-17/h3-10,14,19,26H,11-13H2,1-2H3,(H,31,33). The molecule has 2 aromatic carbocycles. The van der Waals surface area contributed by atoms with Crippen molar-refractivity contribution >= 4 is 29.1 Å². The third-order valence-electron chi connectivity index (χ3n) is 6.17. The predicted octanol–water partition coefficient (Wildman–Crippen LogP) is 5.11. The zero-order valence-corrected chi connectivity index (χ0v) is 19.7. The fraction of sp³-hybridized carbons (Fsp3) is 0.259. The molecule has 0 saturated heterocycles. The van der Waals surface area contributed by atoms with Gasteiger partial charge < -0.3 is 5.32 Å². The normalized spacial score (nSPS) is 17.8. The van der Waals surface area contributed by atoms with Crippen molar-refractivity contribution in [2.45, 2.75) is 39.2 Å². The lowest BCUT2D eigenvalue weighted by atomic mass is 9.85. The first-order chi connectivity index (χ1) is 16.2. The van der Waals surface area contributed by atoms with Gasteiger partial charge in [0.1, 0.15) is 17.5 Å². The number of aromatic nitrogens is 1. The summed E-state index contributed by atoms with van der Waals surface area (Å²) in [7, 11) is 0. The van der Waals surface area contributed by atoms with Gasteiger partial charge in [0.2, 0.25) is 5.91 Å². The summed E-state index contributed by atoms with van der Waals surface area (Å²) in [6.07, 6.45) is 1.54. The summed E-state index contributed by atoms with van der Waals surface area (Å²) in [6, 6.07) is 13.4. The van der Waals surface area contributed by atoms with Crippen molar-refractivity contribution in [1.82, 2.24) is 10.3 Å². The van der Waals surface area contributed by atoms with Crippen molar-refractivity contribution in [3.05, 3.63) is 87.8 Å². The molecule has 0 spiro atoms. The van der Waals surface area contributed by atoms with Crippen molar-refractivity contribution in [1.29, 1.82) is 0 Å². The first-order valence-electron chi connectivity index (χ1n) is 11.0. The van der Waals surface area contributed by atoms with Crippen LogP contribution < -0.4 is 5.32 Å². The van der Waals surface area contributed by atoms with Gasteiger partial charge in [-0.1, -0.05) is 23.7 Å². The molecule has 7 heteroatoms. The van der Waals surface area contributed by atoms with Gasteiger partial charge in [0, 0.05) is 37.1 Å². The van der Waals surface area contributed by atoms with Crippen molar-refractivity contribution < 1.29 is 18.8 Å². The highest BCUT2D eigenvalue weighted by molar-refractivity contribution is 6.30. The second-order valence-corrected chi connectivity index (χ2v) is 9.14. The molecule has 1 saturated carbocycles. The van der Waals surface area contributed by atoms with Crippen LogP contribution in [0.2, 0.25) is 5.02 Å². The van der Waals surface area contributed by atoms with Gasteiger partial charge in [-0.15, -0.1) is 0 Å². The van der Waals surface area contributed by atoms with Crippen molar-refractivity contribution in [3.8, 4) is 11.3 Å². The highest BCUT2D eigenvalue weighted by Gasteiger charge is 2.43. The molecular weight excluding hydrogens is 455 g/mol. The molecule has 4 rings (SSSR count). The summed E-state index contributed by atoms with van der Waals surface area (Å²) in [6.45, 7) is 3.91. The third kappa shape index (κ3) is 5.07. The van der Waals surface area contributed by atoms with Crippen LogP contribution in [-0.2, 0) is 20.9 Å². The average molecular weight is 479 g/mol. The van der Waals surface area contributed by atoms with E-state index in [4.69, 9.17) is 11.6 Å². The van der Waals surface area contributed by atoms with E-state index in [9.17, 15) is 18.8 Å². The summed E-state index contributed by atoms with van der Waals surface area (Å²) < 4.78 is 13.3. The molecule has 2 unspecified atom stereocenters. The molecule has 1 aliphatic rings. The number of hydrogen-bond donors (Lipinski definition) is 1. The third-order valence-corrected chi connectivity index (χ3v) is 6.40. The Kier molecular flexibility index (Phi) is 6.89.